The first-order chi connectivity index (χ1) is 20.7. The number of ether oxygens (including phenoxy) is 2. The molecule has 0 saturated carbocycles. The second-order valence-electron chi connectivity index (χ2n) is 9.27. The van der Waals surface area contributed by atoms with E-state index < -0.39 is 78.8 Å². The molecule has 0 bridgehead atoms. The lowest BCUT2D eigenvalue weighted by atomic mass is 10.1. The number of amides is 2. The van der Waals surface area contributed by atoms with E-state index in [9.17, 15) is 43.3 Å². The van der Waals surface area contributed by atoms with Gasteiger partial charge in [0.25, 0.3) is 0 Å². The lowest BCUT2D eigenvalue weighted by molar-refractivity contribution is -0.124. The Hall–Kier alpha value is -2.24. The number of rotatable bonds is 14. The third-order valence-corrected chi connectivity index (χ3v) is 9.82. The van der Waals surface area contributed by atoms with E-state index in [4.69, 9.17) is 37.2 Å². The van der Waals surface area contributed by atoms with Gasteiger partial charge in [-0.25, -0.2) is 28.5 Å². The number of nitrogens with zero attached hydrogens (tertiary/aromatic N) is 3. The van der Waals surface area contributed by atoms with Crippen molar-refractivity contribution in [3.63, 3.8) is 0 Å². The number of aromatic nitrogens is 4. The van der Waals surface area contributed by atoms with E-state index in [-0.39, 0.29) is 28.9 Å². The first kappa shape index (κ1) is 37.2. The summed E-state index contributed by atoms with van der Waals surface area (Å²) in [5.41, 5.74) is 5.92. The molecule has 23 nitrogen and oxygen atoms in total. The SMILES string of the molecule is Cc1nc(=S)c2ncn([C@@H]3O[C@H](COP(=O)(O)OP(=O)(O)OP(=O)(O)O)C(O)[C@@H]3OC(=O)NCCNC(=O)C(N)C(C)O)c2[nH]1. The maximum absolute atomic E-state index is 12.6. The molecule has 0 aromatic carbocycles. The Kier molecular flexibility index (Phi) is 12.1. The summed E-state index contributed by atoms with van der Waals surface area (Å²) in [5, 5.41) is 25.0. The summed E-state index contributed by atoms with van der Waals surface area (Å²) in [5.74, 6) is -0.336. The highest BCUT2D eigenvalue weighted by Crippen LogP contribution is 2.66. The zero-order valence-corrected chi connectivity index (χ0v) is 26.6. The number of fused-ring (bicyclic) bond motifs is 1. The number of imidazole rings is 1. The molecule has 45 heavy (non-hydrogen) atoms. The van der Waals surface area contributed by atoms with Crippen molar-refractivity contribution in [1.82, 2.24) is 30.2 Å². The lowest BCUT2D eigenvalue weighted by Crippen LogP contribution is -2.49. The highest BCUT2D eigenvalue weighted by atomic mass is 32.1. The number of nitrogens with two attached hydrogens (primary N) is 1. The van der Waals surface area contributed by atoms with Crippen molar-refractivity contribution in [2.75, 3.05) is 19.7 Å². The maximum Gasteiger partial charge on any atom is 0.490 e. The van der Waals surface area contributed by atoms with Crippen LogP contribution in [0.2, 0.25) is 0 Å². The number of carbonyl (C=O) groups excluding carboxylic acids is 2. The fourth-order valence-electron chi connectivity index (χ4n) is 3.77. The van der Waals surface area contributed by atoms with Crippen LogP contribution >= 0.6 is 35.7 Å². The number of aryl methyl sites for hydroxylation is 1. The number of hydrogen-bond acceptors (Lipinski definition) is 16. The van der Waals surface area contributed by atoms with Gasteiger partial charge in [0, 0.05) is 13.1 Å². The van der Waals surface area contributed by atoms with E-state index in [0.29, 0.717) is 5.82 Å². The molecular weight excluding hydrogens is 695 g/mol. The molecule has 1 aliphatic heterocycles. The molecule has 2 aromatic rings. The van der Waals surface area contributed by atoms with Crippen LogP contribution in [0.25, 0.3) is 11.2 Å². The Morgan fingerprint density at radius 1 is 1.18 bits per heavy atom. The molecule has 2 amide bonds. The van der Waals surface area contributed by atoms with E-state index >= 15 is 0 Å². The maximum atomic E-state index is 12.6. The van der Waals surface area contributed by atoms with E-state index in [1.807, 2.05) is 0 Å². The van der Waals surface area contributed by atoms with E-state index in [1.165, 1.54) is 17.8 Å². The predicted octanol–water partition coefficient (Wildman–Crippen LogP) is -1.68. The molecule has 2 aromatic heterocycles. The van der Waals surface area contributed by atoms with Crippen molar-refractivity contribution >= 4 is 58.9 Å². The molecule has 0 aliphatic carbocycles. The third kappa shape index (κ3) is 10.4. The summed E-state index contributed by atoms with van der Waals surface area (Å²) in [7, 11) is -17.1. The minimum absolute atomic E-state index is 0.0929. The first-order valence-electron chi connectivity index (χ1n) is 12.4. The molecule has 5 unspecified atom stereocenters. The van der Waals surface area contributed by atoms with E-state index in [0.717, 1.165) is 0 Å². The molecule has 254 valence electrons. The summed E-state index contributed by atoms with van der Waals surface area (Å²) in [6.07, 6.45) is -7.48. The van der Waals surface area contributed by atoms with Crippen molar-refractivity contribution in [2.24, 2.45) is 5.73 Å². The average Bonchev–Trinajstić information content (AvgIpc) is 3.43. The number of aromatic amines is 1. The topological polar surface area (TPSA) is 349 Å². The zero-order valence-electron chi connectivity index (χ0n) is 23.1. The van der Waals surface area contributed by atoms with Gasteiger partial charge in [0.2, 0.25) is 5.91 Å². The molecule has 1 fully saturated rings. The summed E-state index contributed by atoms with van der Waals surface area (Å²) in [6.45, 7) is 1.51. The van der Waals surface area contributed by atoms with E-state index in [1.54, 1.807) is 6.92 Å². The minimum Gasteiger partial charge on any atom is -0.439 e. The Bertz CT molecular complexity index is 1600. The summed E-state index contributed by atoms with van der Waals surface area (Å²) in [4.78, 5) is 72.0. The largest absolute Gasteiger partial charge is 0.490 e. The second kappa shape index (κ2) is 14.7. The summed E-state index contributed by atoms with van der Waals surface area (Å²) >= 11 is 5.20. The number of alkyl carbamates (subject to hydrolysis) is 1. The van der Waals surface area contributed by atoms with Gasteiger partial charge in [0.1, 0.15) is 35.2 Å². The number of aliphatic hydroxyl groups is 2. The Morgan fingerprint density at radius 2 is 1.82 bits per heavy atom. The summed E-state index contributed by atoms with van der Waals surface area (Å²) < 4.78 is 59.0. The van der Waals surface area contributed by atoms with Gasteiger partial charge in [-0.2, -0.15) is 8.62 Å². The van der Waals surface area contributed by atoms with E-state index in [2.05, 4.69) is 38.7 Å². The van der Waals surface area contributed by atoms with Crippen LogP contribution in [-0.4, -0.2) is 111 Å². The van der Waals surface area contributed by atoms with Crippen molar-refractivity contribution in [3.05, 3.63) is 16.8 Å². The quantitative estimate of drug-likeness (QED) is 0.0590. The van der Waals surface area contributed by atoms with Crippen LogP contribution in [0, 0.1) is 11.6 Å². The standard InChI is InChI=1S/C18H30N7O16P3S/c1-7(26)10(19)15(28)20-3-4-21-18(29)39-13-12(27)9(5-37-43(33,34)41-44(35,36)40-42(30,31)32)38-17(13)25-6-22-11-14(25)23-8(2)24-16(11)45/h6-7,9-10,12-13,17,26-27H,3-5,19H2,1-2H3,(H,20,28)(H,21,29)(H,33,34)(H,35,36)(H,23,24,45)(H2,30,31,32)/t7?,9-,10?,12?,13+,17-/m1/s1. The lowest BCUT2D eigenvalue weighted by Gasteiger charge is -2.22. The normalized spacial score (nSPS) is 24.4. The molecule has 8 atom stereocenters. The Balaban J connectivity index is 1.76. The molecule has 0 spiro atoms. The van der Waals surface area contributed by atoms with Gasteiger partial charge in [-0.05, 0) is 13.8 Å². The van der Waals surface area contributed by atoms with Crippen molar-refractivity contribution in [1.29, 1.82) is 0 Å². The Labute approximate surface area is 257 Å². The molecule has 3 rings (SSSR count). The Morgan fingerprint density at radius 3 is 2.44 bits per heavy atom. The molecular formula is C18H30N7O16P3S. The number of nitrogens with one attached hydrogen (secondary N) is 3. The average molecular weight is 725 g/mol. The van der Waals surface area contributed by atoms with Crippen LogP contribution in [0.3, 0.4) is 0 Å². The molecule has 1 aliphatic rings. The zero-order chi connectivity index (χ0) is 33.9. The molecule has 0 radical (unpaired) electrons. The number of phosphoric acid groups is 3. The van der Waals surface area contributed by atoms with Gasteiger partial charge in [-0.3, -0.25) is 13.9 Å². The van der Waals surface area contributed by atoms with Crippen molar-refractivity contribution < 1.29 is 75.7 Å². The van der Waals surface area contributed by atoms with Gasteiger partial charge < -0.3 is 60.6 Å². The smallest absolute Gasteiger partial charge is 0.439 e. The second-order valence-corrected chi connectivity index (χ2v) is 14.1. The molecule has 11 N–H and O–H groups in total. The van der Waals surface area contributed by atoms with Gasteiger partial charge in [-0.15, -0.1) is 0 Å². The first-order valence-corrected chi connectivity index (χ1v) is 17.3. The van der Waals surface area contributed by atoms with Gasteiger partial charge in [0.15, 0.2) is 17.0 Å². The number of aliphatic hydroxyl groups excluding tert-OH is 2. The van der Waals surface area contributed by atoms with Crippen LogP contribution in [0.5, 0.6) is 0 Å². The number of carbonyl (C=O) groups is 2. The highest BCUT2D eigenvalue weighted by Gasteiger charge is 2.49. The summed E-state index contributed by atoms with van der Waals surface area (Å²) in [6, 6.07) is -1.21. The van der Waals surface area contributed by atoms with Crippen molar-refractivity contribution in [2.45, 2.75) is 50.5 Å². The molecule has 1 saturated heterocycles. The van der Waals surface area contributed by atoms with Crippen LogP contribution in [-0.2, 0) is 41.1 Å². The van der Waals surface area contributed by atoms with Gasteiger partial charge in [-0.1, -0.05) is 12.2 Å². The third-order valence-electron chi connectivity index (χ3n) is 5.73. The highest BCUT2D eigenvalue weighted by molar-refractivity contribution is 7.71. The number of phosphoric ester groups is 1. The van der Waals surface area contributed by atoms with Gasteiger partial charge >= 0.3 is 29.6 Å². The van der Waals surface area contributed by atoms with Crippen LogP contribution in [0.1, 0.15) is 19.0 Å². The predicted molar refractivity (Wildman–Crippen MR) is 148 cm³/mol. The van der Waals surface area contributed by atoms with Crippen LogP contribution in [0.15, 0.2) is 6.33 Å². The monoisotopic (exact) mass is 725 g/mol. The fraction of sp³-hybridized carbons (Fsp3) is 0.611. The van der Waals surface area contributed by atoms with Crippen LogP contribution in [0.4, 0.5) is 4.79 Å². The van der Waals surface area contributed by atoms with Crippen LogP contribution < -0.4 is 16.4 Å². The number of H-pyrrole nitrogens is 1. The fourth-order valence-corrected chi connectivity index (χ4v) is 7.09. The molecule has 3 heterocycles. The van der Waals surface area contributed by atoms with Crippen molar-refractivity contribution in [3.8, 4) is 0 Å². The minimum atomic E-state index is -5.82. The molecule has 27 heteroatoms. The van der Waals surface area contributed by atoms with Gasteiger partial charge in [0.05, 0.1) is 19.0 Å². The number of hydrogen-bond donors (Lipinski definition) is 10.